The first-order valence-electron chi connectivity index (χ1n) is 3.39. The van der Waals surface area contributed by atoms with E-state index < -0.39 is 0 Å². The summed E-state index contributed by atoms with van der Waals surface area (Å²) in [5, 5.41) is 0. The lowest BCUT2D eigenvalue weighted by Gasteiger charge is -1.86. The van der Waals surface area contributed by atoms with Gasteiger partial charge in [-0.15, -0.1) is 0 Å². The second-order valence-corrected chi connectivity index (χ2v) is 1.82. The SMILES string of the molecule is CC.CC1C=NCC1. The number of nitrogens with zero attached hydrogens (tertiary/aromatic N) is 1. The van der Waals surface area contributed by atoms with Crippen molar-refractivity contribution in [1.29, 1.82) is 0 Å². The van der Waals surface area contributed by atoms with Crippen LogP contribution in [0.15, 0.2) is 4.99 Å². The minimum Gasteiger partial charge on any atom is -0.297 e. The van der Waals surface area contributed by atoms with Gasteiger partial charge in [-0.2, -0.15) is 0 Å². The molecule has 48 valence electrons. The van der Waals surface area contributed by atoms with Crippen LogP contribution in [0.5, 0.6) is 0 Å². The van der Waals surface area contributed by atoms with Gasteiger partial charge in [-0.3, -0.25) is 4.99 Å². The summed E-state index contributed by atoms with van der Waals surface area (Å²) in [6.07, 6.45) is 3.29. The highest BCUT2D eigenvalue weighted by molar-refractivity contribution is 5.61. The average molecular weight is 113 g/mol. The van der Waals surface area contributed by atoms with E-state index in [-0.39, 0.29) is 0 Å². The minimum absolute atomic E-state index is 0.755. The summed E-state index contributed by atoms with van der Waals surface area (Å²) in [5.74, 6) is 0.755. The second kappa shape index (κ2) is 4.82. The molecule has 0 saturated carbocycles. The van der Waals surface area contributed by atoms with Crippen molar-refractivity contribution in [1.82, 2.24) is 0 Å². The molecular formula is C7H15N. The Morgan fingerprint density at radius 3 is 2.25 bits per heavy atom. The normalized spacial score (nSPS) is 24.6. The Hall–Kier alpha value is -0.330. The van der Waals surface area contributed by atoms with Gasteiger partial charge in [-0.05, 0) is 12.3 Å². The molecule has 0 spiro atoms. The highest BCUT2D eigenvalue weighted by Crippen LogP contribution is 2.03. The fourth-order valence-electron chi connectivity index (χ4n) is 0.607. The molecule has 1 unspecified atom stereocenters. The van der Waals surface area contributed by atoms with Crippen molar-refractivity contribution in [3.8, 4) is 0 Å². The topological polar surface area (TPSA) is 12.4 Å². The van der Waals surface area contributed by atoms with E-state index in [1.54, 1.807) is 0 Å². The van der Waals surface area contributed by atoms with Crippen LogP contribution in [-0.4, -0.2) is 12.8 Å². The Morgan fingerprint density at radius 1 is 1.50 bits per heavy atom. The molecule has 0 bridgehead atoms. The fourth-order valence-corrected chi connectivity index (χ4v) is 0.607. The zero-order valence-corrected chi connectivity index (χ0v) is 6.02. The molecule has 1 atom stereocenters. The predicted molar refractivity (Wildman–Crippen MR) is 38.5 cm³/mol. The van der Waals surface area contributed by atoms with Crippen molar-refractivity contribution in [3.05, 3.63) is 0 Å². The Balaban J connectivity index is 0.000000222. The molecule has 1 rings (SSSR count). The van der Waals surface area contributed by atoms with E-state index >= 15 is 0 Å². The molecule has 0 aromatic carbocycles. The van der Waals surface area contributed by atoms with Gasteiger partial charge in [0.1, 0.15) is 0 Å². The Morgan fingerprint density at radius 2 is 2.12 bits per heavy atom. The predicted octanol–water partition coefficient (Wildman–Crippen LogP) is 2.12. The quantitative estimate of drug-likeness (QED) is 0.456. The molecule has 0 N–H and O–H groups in total. The van der Waals surface area contributed by atoms with Crippen molar-refractivity contribution in [3.63, 3.8) is 0 Å². The van der Waals surface area contributed by atoms with Gasteiger partial charge < -0.3 is 0 Å². The lowest BCUT2D eigenvalue weighted by molar-refractivity contribution is 0.758. The van der Waals surface area contributed by atoms with E-state index in [0.717, 1.165) is 12.5 Å². The van der Waals surface area contributed by atoms with Crippen molar-refractivity contribution in [2.24, 2.45) is 10.9 Å². The van der Waals surface area contributed by atoms with E-state index in [1.807, 2.05) is 20.1 Å². The summed E-state index contributed by atoms with van der Waals surface area (Å²) >= 11 is 0. The molecule has 0 aromatic rings. The van der Waals surface area contributed by atoms with Gasteiger partial charge in [0.25, 0.3) is 0 Å². The van der Waals surface area contributed by atoms with Crippen LogP contribution in [-0.2, 0) is 0 Å². The first-order valence-corrected chi connectivity index (χ1v) is 3.39. The van der Waals surface area contributed by atoms with Gasteiger partial charge in [-0.25, -0.2) is 0 Å². The summed E-state index contributed by atoms with van der Waals surface area (Å²) in [6, 6.07) is 0. The first kappa shape index (κ1) is 7.67. The summed E-state index contributed by atoms with van der Waals surface area (Å²) < 4.78 is 0. The largest absolute Gasteiger partial charge is 0.297 e. The smallest absolute Gasteiger partial charge is 0.0391 e. The van der Waals surface area contributed by atoms with E-state index in [0.29, 0.717) is 0 Å². The highest BCUT2D eigenvalue weighted by atomic mass is 14.7. The zero-order valence-electron chi connectivity index (χ0n) is 6.02. The lowest BCUT2D eigenvalue weighted by Crippen LogP contribution is -1.85. The number of hydrogen-bond donors (Lipinski definition) is 0. The molecule has 1 aliphatic rings. The van der Waals surface area contributed by atoms with Crippen LogP contribution < -0.4 is 0 Å². The molecule has 1 heterocycles. The summed E-state index contributed by atoms with van der Waals surface area (Å²) in [4.78, 5) is 4.04. The third kappa shape index (κ3) is 2.78. The van der Waals surface area contributed by atoms with E-state index in [4.69, 9.17) is 0 Å². The molecule has 0 aromatic heterocycles. The standard InChI is InChI=1S/C5H9N.C2H6/c1-5-2-3-6-4-5;1-2/h4-5H,2-3H2,1H3;1-2H3. The third-order valence-corrected chi connectivity index (χ3v) is 1.07. The van der Waals surface area contributed by atoms with Crippen LogP contribution >= 0.6 is 0 Å². The fraction of sp³-hybridized carbons (Fsp3) is 0.857. The Labute approximate surface area is 51.8 Å². The van der Waals surface area contributed by atoms with E-state index in [2.05, 4.69) is 11.9 Å². The van der Waals surface area contributed by atoms with Crippen LogP contribution in [0, 0.1) is 5.92 Å². The van der Waals surface area contributed by atoms with Gasteiger partial charge >= 0.3 is 0 Å². The highest BCUT2D eigenvalue weighted by Gasteiger charge is 2.00. The number of rotatable bonds is 0. The minimum atomic E-state index is 0.755. The van der Waals surface area contributed by atoms with E-state index in [1.165, 1.54) is 6.42 Å². The maximum Gasteiger partial charge on any atom is 0.0391 e. The lowest BCUT2D eigenvalue weighted by atomic mass is 10.2. The molecule has 8 heavy (non-hydrogen) atoms. The molecule has 1 nitrogen and oxygen atoms in total. The van der Waals surface area contributed by atoms with Crippen LogP contribution in [0.1, 0.15) is 27.2 Å². The molecule has 0 saturated heterocycles. The van der Waals surface area contributed by atoms with Crippen LogP contribution in [0.25, 0.3) is 0 Å². The van der Waals surface area contributed by atoms with Crippen LogP contribution in [0.3, 0.4) is 0 Å². The Bertz CT molecular complexity index is 66.8. The van der Waals surface area contributed by atoms with E-state index in [9.17, 15) is 0 Å². The van der Waals surface area contributed by atoms with Crippen molar-refractivity contribution < 1.29 is 0 Å². The maximum atomic E-state index is 4.04. The summed E-state index contributed by atoms with van der Waals surface area (Å²) in [5.41, 5.74) is 0. The van der Waals surface area contributed by atoms with Gasteiger partial charge in [-0.1, -0.05) is 20.8 Å². The van der Waals surface area contributed by atoms with Crippen molar-refractivity contribution >= 4 is 6.21 Å². The molecular weight excluding hydrogens is 98.1 g/mol. The molecule has 0 radical (unpaired) electrons. The average Bonchev–Trinajstić information content (AvgIpc) is 2.24. The van der Waals surface area contributed by atoms with Crippen molar-refractivity contribution in [2.45, 2.75) is 27.2 Å². The van der Waals surface area contributed by atoms with Gasteiger partial charge in [0.05, 0.1) is 0 Å². The molecule has 0 amide bonds. The maximum absolute atomic E-state index is 4.04. The first-order chi connectivity index (χ1) is 3.89. The summed E-state index contributed by atoms with van der Waals surface area (Å²) in [6.45, 7) is 7.25. The number of aliphatic imine (C=N–C) groups is 1. The molecule has 1 aliphatic heterocycles. The second-order valence-electron chi connectivity index (χ2n) is 1.82. The van der Waals surface area contributed by atoms with Gasteiger partial charge in [0.2, 0.25) is 0 Å². The molecule has 1 heteroatoms. The third-order valence-electron chi connectivity index (χ3n) is 1.07. The Kier molecular flexibility index (Phi) is 4.62. The van der Waals surface area contributed by atoms with Gasteiger partial charge in [0, 0.05) is 12.8 Å². The monoisotopic (exact) mass is 113 g/mol. The van der Waals surface area contributed by atoms with Crippen LogP contribution in [0.4, 0.5) is 0 Å². The molecule has 0 fully saturated rings. The van der Waals surface area contributed by atoms with Gasteiger partial charge in [0.15, 0.2) is 0 Å². The molecule has 0 aliphatic carbocycles. The summed E-state index contributed by atoms with van der Waals surface area (Å²) in [7, 11) is 0. The van der Waals surface area contributed by atoms with Crippen molar-refractivity contribution in [2.75, 3.05) is 6.54 Å². The zero-order chi connectivity index (χ0) is 6.41. The number of hydrogen-bond acceptors (Lipinski definition) is 1. The van der Waals surface area contributed by atoms with Crippen LogP contribution in [0.2, 0.25) is 0 Å².